The van der Waals surface area contributed by atoms with E-state index in [4.69, 9.17) is 6.57 Å². The number of nitrogens with zero attached hydrogens (tertiary/aromatic N) is 3. The van der Waals surface area contributed by atoms with Gasteiger partial charge in [0.15, 0.2) is 0 Å². The van der Waals surface area contributed by atoms with Crippen molar-refractivity contribution in [2.75, 3.05) is 0 Å². The van der Waals surface area contributed by atoms with Crippen molar-refractivity contribution in [2.24, 2.45) is 0 Å². The van der Waals surface area contributed by atoms with Crippen LogP contribution in [0.3, 0.4) is 0 Å². The summed E-state index contributed by atoms with van der Waals surface area (Å²) >= 11 is 0.0935. The molecule has 0 fully saturated rings. The number of aromatic nitrogens is 1. The molecule has 3 nitrogen and oxygen atoms in total. The summed E-state index contributed by atoms with van der Waals surface area (Å²) in [7, 11) is 0. The number of allylic oxidation sites excluding steroid dienone is 1. The van der Waals surface area contributed by atoms with E-state index in [1.165, 1.54) is 47.5 Å². The average molecular weight is 563 g/mol. The van der Waals surface area contributed by atoms with Crippen LogP contribution in [0.25, 0.3) is 57.9 Å². The third kappa shape index (κ3) is 2.80. The number of rotatable bonds is 1. The van der Waals surface area contributed by atoms with Gasteiger partial charge in [-0.1, -0.05) is 0 Å². The van der Waals surface area contributed by atoms with Gasteiger partial charge >= 0.3 is 233 Å². The number of para-hydroxylation sites is 2. The third-order valence-corrected chi connectivity index (χ3v) is 10.9. The van der Waals surface area contributed by atoms with Crippen LogP contribution in [-0.2, 0) is 5.41 Å². The first kappa shape index (κ1) is 22.4. The number of nitriles is 1. The van der Waals surface area contributed by atoms with Crippen molar-refractivity contribution in [3.05, 3.63) is 130 Å². The van der Waals surface area contributed by atoms with Gasteiger partial charge in [0.2, 0.25) is 0 Å². The van der Waals surface area contributed by atoms with Gasteiger partial charge in [-0.15, -0.1) is 0 Å². The van der Waals surface area contributed by atoms with E-state index in [1.807, 2.05) is 18.2 Å². The van der Waals surface area contributed by atoms with E-state index in [1.54, 1.807) is 0 Å². The minimum atomic E-state index is -0.112. The molecule has 0 atom stereocenters. The number of hydrogen-bond acceptors (Lipinski definition) is 1. The van der Waals surface area contributed by atoms with Crippen molar-refractivity contribution in [3.8, 4) is 31.8 Å². The zero-order chi connectivity index (χ0) is 26.5. The van der Waals surface area contributed by atoms with Gasteiger partial charge in [0.25, 0.3) is 0 Å². The number of hydrogen-bond donors (Lipinski definition) is 0. The number of benzene rings is 4. The van der Waals surface area contributed by atoms with E-state index in [9.17, 15) is 5.26 Å². The molecule has 1 aliphatic heterocycles. The first-order valence-corrected chi connectivity index (χ1v) is 14.7. The molecule has 0 N–H and O–H groups in total. The standard InChI is InChI=1S/C35H21N3Se/c1-35(2)27-13-8-12-25-23-10-6-7-14-30(23)38(33(25)27)34-28(35)18-31(39-34)20-15-16-22-21-9-4-5-11-24(21)32(26(22)17-20)29(19-36)37-3/h4-18H,1-2H3/b32-29-. The Balaban J connectivity index is 1.39. The molecule has 2 aromatic heterocycles. The molecule has 1 aliphatic carbocycles. The van der Waals surface area contributed by atoms with Gasteiger partial charge in [-0.3, -0.25) is 0 Å². The van der Waals surface area contributed by atoms with E-state index in [-0.39, 0.29) is 25.6 Å². The molecule has 39 heavy (non-hydrogen) atoms. The molecule has 3 heterocycles. The van der Waals surface area contributed by atoms with E-state index < -0.39 is 0 Å². The molecule has 0 radical (unpaired) electrons. The minimum absolute atomic E-state index is 0.0935. The van der Waals surface area contributed by atoms with Crippen LogP contribution in [0.1, 0.15) is 36.1 Å². The van der Waals surface area contributed by atoms with Gasteiger partial charge in [0.1, 0.15) is 0 Å². The molecule has 0 amide bonds. The summed E-state index contributed by atoms with van der Waals surface area (Å²) in [5.41, 5.74) is 11.5. The van der Waals surface area contributed by atoms with Crippen LogP contribution in [-0.4, -0.2) is 19.1 Å². The summed E-state index contributed by atoms with van der Waals surface area (Å²) < 4.78 is 5.26. The molecule has 6 aromatic rings. The second-order valence-electron chi connectivity index (χ2n) is 10.8. The van der Waals surface area contributed by atoms with Crippen LogP contribution in [0.2, 0.25) is 0 Å². The van der Waals surface area contributed by atoms with Crippen LogP contribution in [0.4, 0.5) is 0 Å². The van der Waals surface area contributed by atoms with Crippen LogP contribution in [0.15, 0.2) is 96.7 Å². The van der Waals surface area contributed by atoms with Crippen molar-refractivity contribution >= 4 is 41.9 Å². The Morgan fingerprint density at radius 3 is 2.38 bits per heavy atom. The Kier molecular flexibility index (Phi) is 4.43. The normalized spacial score (nSPS) is 15.4. The first-order valence-electron chi connectivity index (χ1n) is 13.0. The van der Waals surface area contributed by atoms with Gasteiger partial charge < -0.3 is 0 Å². The van der Waals surface area contributed by atoms with Crippen molar-refractivity contribution < 1.29 is 0 Å². The predicted molar refractivity (Wildman–Crippen MR) is 159 cm³/mol. The Hall–Kier alpha value is -4.60. The maximum atomic E-state index is 9.80. The predicted octanol–water partition coefficient (Wildman–Crippen LogP) is 8.33. The second-order valence-corrected chi connectivity index (χ2v) is 12.9. The summed E-state index contributed by atoms with van der Waals surface area (Å²) in [6, 6.07) is 34.8. The molecule has 0 saturated carbocycles. The van der Waals surface area contributed by atoms with E-state index in [2.05, 4.69) is 102 Å². The van der Waals surface area contributed by atoms with Gasteiger partial charge in [0.05, 0.1) is 0 Å². The second kappa shape index (κ2) is 7.72. The first-order chi connectivity index (χ1) is 19.0. The Labute approximate surface area is 232 Å². The topological polar surface area (TPSA) is 33.1 Å². The molecule has 182 valence electrons. The van der Waals surface area contributed by atoms with Crippen molar-refractivity contribution in [3.63, 3.8) is 0 Å². The van der Waals surface area contributed by atoms with Gasteiger partial charge in [-0.2, -0.15) is 0 Å². The van der Waals surface area contributed by atoms with Gasteiger partial charge in [-0.25, -0.2) is 0 Å². The Morgan fingerprint density at radius 1 is 0.821 bits per heavy atom. The van der Waals surface area contributed by atoms with Crippen LogP contribution < -0.4 is 0 Å². The molecule has 0 spiro atoms. The summed E-state index contributed by atoms with van der Waals surface area (Å²) in [5, 5.41) is 12.4. The van der Waals surface area contributed by atoms with Crippen LogP contribution >= 0.6 is 0 Å². The van der Waals surface area contributed by atoms with Gasteiger partial charge in [-0.05, 0) is 0 Å². The molecule has 4 heteroatoms. The van der Waals surface area contributed by atoms with Crippen LogP contribution in [0, 0.1) is 17.9 Å². The van der Waals surface area contributed by atoms with E-state index in [0.717, 1.165) is 27.8 Å². The molecular formula is C35H21N3Se. The monoisotopic (exact) mass is 563 g/mol. The van der Waals surface area contributed by atoms with Crippen LogP contribution in [0.5, 0.6) is 0 Å². The molecule has 0 bridgehead atoms. The quantitative estimate of drug-likeness (QED) is 0.113. The fourth-order valence-corrected chi connectivity index (χ4v) is 9.43. The number of fused-ring (bicyclic) bond motifs is 8. The van der Waals surface area contributed by atoms with Crippen molar-refractivity contribution in [1.82, 2.24) is 4.57 Å². The average Bonchev–Trinajstić information content (AvgIpc) is 3.64. The fraction of sp³-hybridized carbons (Fsp3) is 0.0857. The molecule has 4 aromatic carbocycles. The summed E-state index contributed by atoms with van der Waals surface area (Å²) in [4.78, 5) is 3.61. The molecular weight excluding hydrogens is 541 g/mol. The molecule has 0 saturated heterocycles. The zero-order valence-corrected chi connectivity index (χ0v) is 23.1. The zero-order valence-electron chi connectivity index (χ0n) is 21.4. The van der Waals surface area contributed by atoms with Crippen molar-refractivity contribution in [2.45, 2.75) is 19.3 Å². The van der Waals surface area contributed by atoms with E-state index in [0.29, 0.717) is 0 Å². The summed E-state index contributed by atoms with van der Waals surface area (Å²) in [6.45, 7) is 12.4. The molecule has 2 aliphatic rings. The Morgan fingerprint density at radius 2 is 1.56 bits per heavy atom. The molecule has 0 unspecified atom stereocenters. The van der Waals surface area contributed by atoms with Crippen molar-refractivity contribution in [1.29, 1.82) is 5.26 Å². The van der Waals surface area contributed by atoms with Gasteiger partial charge in [0, 0.05) is 0 Å². The molecule has 8 rings (SSSR count). The SMILES string of the molecule is [C-]#[N+]/C(C#N)=C1/c2ccccc2-c2ccc(-c3cc4c([se]3)-n3c5ccccc5c5cccc(c53)C4(C)C)cc21. The summed E-state index contributed by atoms with van der Waals surface area (Å²) in [5.74, 6) is 0. The van der Waals surface area contributed by atoms with E-state index >= 15 is 0 Å². The third-order valence-electron chi connectivity index (χ3n) is 8.47. The summed E-state index contributed by atoms with van der Waals surface area (Å²) in [6.07, 6.45) is 0. The Bertz CT molecular complexity index is 2160. The fourth-order valence-electron chi connectivity index (χ4n) is 6.63. The maximum absolute atomic E-state index is 9.80.